The quantitative estimate of drug-likeness (QED) is 0.843. The molecule has 0 fully saturated rings. The molecule has 0 spiro atoms. The van der Waals surface area contributed by atoms with Gasteiger partial charge in [0.25, 0.3) is 0 Å². The first-order valence-electron chi connectivity index (χ1n) is 6.60. The lowest BCUT2D eigenvalue weighted by molar-refractivity contribution is -0.139. The number of hydrogen-bond acceptors (Lipinski definition) is 2. The fourth-order valence-corrected chi connectivity index (χ4v) is 2.09. The van der Waals surface area contributed by atoms with Crippen molar-refractivity contribution in [3.8, 4) is 0 Å². The zero-order valence-corrected chi connectivity index (χ0v) is 13.1. The molecule has 2 rings (SSSR count). The topological polar surface area (TPSA) is 58.2 Å². The fraction of sp³-hybridized carbons (Fsp3) is 0.125. The number of amides is 2. The molecule has 6 heteroatoms. The van der Waals surface area contributed by atoms with Crippen molar-refractivity contribution in [2.45, 2.75) is 13.1 Å². The van der Waals surface area contributed by atoms with Crippen molar-refractivity contribution < 1.29 is 9.59 Å². The minimum Gasteiger partial charge on any atom is -0.344 e. The molecule has 0 heterocycles. The lowest BCUT2D eigenvalue weighted by Crippen LogP contribution is -2.39. The predicted octanol–water partition coefficient (Wildman–Crippen LogP) is 2.93. The van der Waals surface area contributed by atoms with Gasteiger partial charge in [-0.25, -0.2) is 0 Å². The molecule has 0 unspecified atom stereocenters. The highest BCUT2D eigenvalue weighted by Crippen LogP contribution is 2.14. The molecule has 0 aromatic heterocycles. The van der Waals surface area contributed by atoms with Gasteiger partial charge in [0.1, 0.15) is 0 Å². The van der Waals surface area contributed by atoms with Gasteiger partial charge in [0.15, 0.2) is 0 Å². The van der Waals surface area contributed by atoms with Crippen molar-refractivity contribution in [2.75, 3.05) is 0 Å². The number of nitrogens with one attached hydrogen (secondary N) is 2. The summed E-state index contributed by atoms with van der Waals surface area (Å²) in [6.07, 6.45) is 0. The molecule has 22 heavy (non-hydrogen) atoms. The number of hydrogen-bond donors (Lipinski definition) is 2. The number of carbonyl (C=O) groups is 2. The summed E-state index contributed by atoms with van der Waals surface area (Å²) in [5.41, 5.74) is 1.61. The third-order valence-corrected chi connectivity index (χ3v) is 3.59. The van der Waals surface area contributed by atoms with E-state index in [9.17, 15) is 9.59 Å². The summed E-state index contributed by atoms with van der Waals surface area (Å²) < 4.78 is 0. The Morgan fingerprint density at radius 3 is 2.05 bits per heavy atom. The van der Waals surface area contributed by atoms with E-state index in [2.05, 4.69) is 10.6 Å². The van der Waals surface area contributed by atoms with Crippen LogP contribution in [0.4, 0.5) is 0 Å². The van der Waals surface area contributed by atoms with Crippen LogP contribution < -0.4 is 10.6 Å². The molecule has 0 aliphatic rings. The summed E-state index contributed by atoms with van der Waals surface area (Å²) in [4.78, 5) is 23.4. The highest BCUT2D eigenvalue weighted by Gasteiger charge is 2.13. The van der Waals surface area contributed by atoms with Gasteiger partial charge in [0.05, 0.1) is 0 Å². The molecule has 114 valence electrons. The largest absolute Gasteiger partial charge is 0.344 e. The van der Waals surface area contributed by atoms with Crippen molar-refractivity contribution in [3.63, 3.8) is 0 Å². The third-order valence-electron chi connectivity index (χ3n) is 2.97. The smallest absolute Gasteiger partial charge is 0.309 e. The van der Waals surface area contributed by atoms with E-state index >= 15 is 0 Å². The first-order chi connectivity index (χ1) is 10.6. The van der Waals surface area contributed by atoms with Crippen LogP contribution in [0, 0.1) is 0 Å². The normalized spacial score (nSPS) is 10.1. The van der Waals surface area contributed by atoms with Gasteiger partial charge in [-0.3, -0.25) is 9.59 Å². The Labute approximate surface area is 138 Å². The molecule has 2 aromatic carbocycles. The van der Waals surface area contributed by atoms with Crippen LogP contribution in [-0.2, 0) is 22.7 Å². The minimum atomic E-state index is -0.700. The van der Waals surface area contributed by atoms with Crippen LogP contribution in [0.2, 0.25) is 10.0 Å². The zero-order valence-electron chi connectivity index (χ0n) is 11.6. The van der Waals surface area contributed by atoms with Crippen molar-refractivity contribution in [3.05, 3.63) is 69.7 Å². The molecule has 0 bridgehead atoms. The Balaban J connectivity index is 1.81. The number of rotatable bonds is 4. The molecular formula is C16H14Cl2N2O2. The van der Waals surface area contributed by atoms with Crippen LogP contribution in [-0.4, -0.2) is 11.8 Å². The summed E-state index contributed by atoms with van der Waals surface area (Å²) in [7, 11) is 0. The molecule has 2 N–H and O–H groups in total. The van der Waals surface area contributed by atoms with Crippen molar-refractivity contribution in [2.24, 2.45) is 0 Å². The summed E-state index contributed by atoms with van der Waals surface area (Å²) in [6.45, 7) is 0.461. The summed E-state index contributed by atoms with van der Waals surface area (Å²) in [6, 6.07) is 14.1. The van der Waals surface area contributed by atoms with Crippen LogP contribution in [0.5, 0.6) is 0 Å². The maximum absolute atomic E-state index is 11.7. The van der Waals surface area contributed by atoms with Gasteiger partial charge in [-0.05, 0) is 29.3 Å². The molecule has 0 radical (unpaired) electrons. The van der Waals surface area contributed by atoms with E-state index in [1.165, 1.54) is 0 Å². The van der Waals surface area contributed by atoms with E-state index in [4.69, 9.17) is 23.2 Å². The van der Waals surface area contributed by atoms with E-state index in [1.54, 1.807) is 42.5 Å². The number of carbonyl (C=O) groups excluding carboxylic acids is 2. The van der Waals surface area contributed by atoms with Gasteiger partial charge in [-0.1, -0.05) is 53.5 Å². The Hall–Kier alpha value is -2.04. The van der Waals surface area contributed by atoms with Crippen LogP contribution in [0.15, 0.2) is 48.5 Å². The van der Waals surface area contributed by atoms with Crippen molar-refractivity contribution >= 4 is 35.0 Å². The van der Waals surface area contributed by atoms with Crippen molar-refractivity contribution in [1.82, 2.24) is 10.6 Å². The molecule has 0 saturated carbocycles. The molecule has 0 saturated heterocycles. The number of halogens is 2. The molecule has 2 aromatic rings. The predicted molar refractivity (Wildman–Crippen MR) is 86.6 cm³/mol. The lowest BCUT2D eigenvalue weighted by atomic mass is 10.2. The first-order valence-corrected chi connectivity index (χ1v) is 7.36. The number of benzene rings is 2. The van der Waals surface area contributed by atoms with E-state index in [-0.39, 0.29) is 13.1 Å². The van der Waals surface area contributed by atoms with Gasteiger partial charge < -0.3 is 10.6 Å². The van der Waals surface area contributed by atoms with Gasteiger partial charge in [-0.2, -0.15) is 0 Å². The van der Waals surface area contributed by atoms with Gasteiger partial charge in [0, 0.05) is 23.1 Å². The zero-order chi connectivity index (χ0) is 15.9. The Morgan fingerprint density at radius 2 is 1.41 bits per heavy atom. The van der Waals surface area contributed by atoms with Crippen LogP contribution in [0.1, 0.15) is 11.1 Å². The van der Waals surface area contributed by atoms with E-state index in [1.807, 2.05) is 6.07 Å². The molecule has 0 aliphatic heterocycles. The van der Waals surface area contributed by atoms with E-state index < -0.39 is 11.8 Å². The molecule has 0 aliphatic carbocycles. The monoisotopic (exact) mass is 336 g/mol. The third kappa shape index (κ3) is 4.76. The van der Waals surface area contributed by atoms with Crippen LogP contribution in [0.3, 0.4) is 0 Å². The second kappa shape index (κ2) is 7.82. The second-order valence-electron chi connectivity index (χ2n) is 4.58. The van der Waals surface area contributed by atoms with Crippen LogP contribution >= 0.6 is 23.2 Å². The average Bonchev–Trinajstić information content (AvgIpc) is 2.53. The molecular weight excluding hydrogens is 323 g/mol. The maximum atomic E-state index is 11.7. The Kier molecular flexibility index (Phi) is 5.81. The molecule has 0 atom stereocenters. The molecule has 2 amide bonds. The summed E-state index contributed by atoms with van der Waals surface area (Å²) in [5.74, 6) is -1.39. The Bertz CT molecular complexity index is 672. The first kappa shape index (κ1) is 16.3. The lowest BCUT2D eigenvalue weighted by Gasteiger charge is -2.08. The Morgan fingerprint density at radius 1 is 0.818 bits per heavy atom. The SMILES string of the molecule is O=C(NCc1ccc(Cl)cc1)C(=O)NCc1ccccc1Cl. The highest BCUT2D eigenvalue weighted by atomic mass is 35.5. The van der Waals surface area contributed by atoms with E-state index in [0.29, 0.717) is 10.0 Å². The molecule has 4 nitrogen and oxygen atoms in total. The van der Waals surface area contributed by atoms with Gasteiger partial charge in [-0.15, -0.1) is 0 Å². The summed E-state index contributed by atoms with van der Waals surface area (Å²) >= 11 is 11.8. The minimum absolute atomic E-state index is 0.201. The average molecular weight is 337 g/mol. The van der Waals surface area contributed by atoms with Gasteiger partial charge in [0.2, 0.25) is 0 Å². The second-order valence-corrected chi connectivity index (χ2v) is 5.43. The maximum Gasteiger partial charge on any atom is 0.309 e. The van der Waals surface area contributed by atoms with Crippen molar-refractivity contribution in [1.29, 1.82) is 0 Å². The summed E-state index contributed by atoms with van der Waals surface area (Å²) in [5, 5.41) is 6.23. The van der Waals surface area contributed by atoms with Gasteiger partial charge >= 0.3 is 11.8 Å². The fourth-order valence-electron chi connectivity index (χ4n) is 1.76. The highest BCUT2D eigenvalue weighted by molar-refractivity contribution is 6.35. The standard InChI is InChI=1S/C16H14Cl2N2O2/c17-13-7-5-11(6-8-13)9-19-15(21)16(22)20-10-12-3-1-2-4-14(12)18/h1-8H,9-10H2,(H,19,21)(H,20,22). The van der Waals surface area contributed by atoms with Crippen LogP contribution in [0.25, 0.3) is 0 Å². The van der Waals surface area contributed by atoms with E-state index in [0.717, 1.165) is 11.1 Å².